The summed E-state index contributed by atoms with van der Waals surface area (Å²) < 4.78 is 38.1. The van der Waals surface area contributed by atoms with Gasteiger partial charge < -0.3 is 4.90 Å². The zero-order chi connectivity index (χ0) is 16.0. The lowest BCUT2D eigenvalue weighted by Crippen LogP contribution is -2.37. The summed E-state index contributed by atoms with van der Waals surface area (Å²) >= 11 is 0. The summed E-state index contributed by atoms with van der Waals surface area (Å²) in [6.45, 7) is 1.98. The van der Waals surface area contributed by atoms with Crippen LogP contribution in [0.2, 0.25) is 0 Å². The van der Waals surface area contributed by atoms with E-state index in [-0.39, 0.29) is 19.0 Å². The summed E-state index contributed by atoms with van der Waals surface area (Å²) in [6.07, 6.45) is 0.659. The number of likely N-dealkylation sites (N-methyl/N-ethyl adjacent to an activating group) is 1. The van der Waals surface area contributed by atoms with Crippen LogP contribution in [0.1, 0.15) is 24.1 Å². The summed E-state index contributed by atoms with van der Waals surface area (Å²) in [7, 11) is 1.55. The second-order valence-electron chi connectivity index (χ2n) is 4.61. The Balaban J connectivity index is 2.81. The largest absolute Gasteiger partial charge is 0.416 e. The third-order valence-corrected chi connectivity index (χ3v) is 3.17. The molecular weight excluding hydrogens is 281 g/mol. The predicted molar refractivity (Wildman–Crippen MR) is 74.3 cm³/mol. The molecule has 0 aliphatic heterocycles. The Morgan fingerprint density at radius 3 is 2.71 bits per heavy atom. The zero-order valence-electron chi connectivity index (χ0n) is 11.9. The summed E-state index contributed by atoms with van der Waals surface area (Å²) in [5.41, 5.74) is -0.296. The van der Waals surface area contributed by atoms with E-state index in [1.807, 2.05) is 0 Å². The topological polar surface area (TPSA) is 32.3 Å². The molecule has 6 heteroatoms. The molecule has 0 saturated heterocycles. The lowest BCUT2D eigenvalue weighted by atomic mass is 10.0. The molecule has 1 aromatic carbocycles. The SMILES string of the molecule is C#CCNCC(=O)N(C)C(C)c1cccc(C(F)(F)F)c1. The van der Waals surface area contributed by atoms with Crippen molar-refractivity contribution in [2.45, 2.75) is 19.1 Å². The first-order chi connectivity index (χ1) is 9.77. The molecule has 1 atom stereocenters. The van der Waals surface area contributed by atoms with Gasteiger partial charge in [-0.2, -0.15) is 13.2 Å². The first-order valence-corrected chi connectivity index (χ1v) is 6.34. The number of carbonyl (C=O) groups excluding carboxylic acids is 1. The number of terminal acetylenes is 1. The van der Waals surface area contributed by atoms with Gasteiger partial charge in [-0.25, -0.2) is 0 Å². The molecule has 0 bridgehead atoms. The summed E-state index contributed by atoms with van der Waals surface area (Å²) in [5, 5.41) is 2.75. The molecule has 0 aliphatic rings. The molecule has 1 N–H and O–H groups in total. The van der Waals surface area contributed by atoms with Crippen LogP contribution in [0.4, 0.5) is 13.2 Å². The number of hydrogen-bond acceptors (Lipinski definition) is 2. The Bertz CT molecular complexity index is 534. The van der Waals surface area contributed by atoms with E-state index in [1.165, 1.54) is 11.0 Å². The van der Waals surface area contributed by atoms with Crippen molar-refractivity contribution >= 4 is 5.91 Å². The van der Waals surface area contributed by atoms with Crippen molar-refractivity contribution in [3.05, 3.63) is 35.4 Å². The minimum atomic E-state index is -4.40. The molecule has 0 saturated carbocycles. The fourth-order valence-corrected chi connectivity index (χ4v) is 1.78. The smallest absolute Gasteiger partial charge is 0.338 e. The molecule has 0 spiro atoms. The quantitative estimate of drug-likeness (QED) is 0.669. The van der Waals surface area contributed by atoms with Gasteiger partial charge in [0.25, 0.3) is 0 Å². The first-order valence-electron chi connectivity index (χ1n) is 6.34. The highest BCUT2D eigenvalue weighted by atomic mass is 19.4. The molecule has 0 aliphatic carbocycles. The maximum absolute atomic E-state index is 12.7. The Labute approximate surface area is 122 Å². The van der Waals surface area contributed by atoms with Gasteiger partial charge in [0, 0.05) is 7.05 Å². The van der Waals surface area contributed by atoms with E-state index in [2.05, 4.69) is 11.2 Å². The molecule has 1 rings (SSSR count). The number of amides is 1. The predicted octanol–water partition coefficient (Wildman–Crippen LogP) is 2.45. The van der Waals surface area contributed by atoms with Crippen molar-refractivity contribution in [3.8, 4) is 12.3 Å². The highest BCUT2D eigenvalue weighted by molar-refractivity contribution is 5.78. The van der Waals surface area contributed by atoms with Crippen molar-refractivity contribution < 1.29 is 18.0 Å². The van der Waals surface area contributed by atoms with Gasteiger partial charge in [-0.3, -0.25) is 10.1 Å². The van der Waals surface area contributed by atoms with Gasteiger partial charge in [-0.1, -0.05) is 18.1 Å². The first kappa shape index (κ1) is 17.1. The number of nitrogens with one attached hydrogen (secondary N) is 1. The van der Waals surface area contributed by atoms with Crippen molar-refractivity contribution in [2.24, 2.45) is 0 Å². The van der Waals surface area contributed by atoms with Crippen molar-refractivity contribution in [1.29, 1.82) is 0 Å². The van der Waals surface area contributed by atoms with Gasteiger partial charge in [0.2, 0.25) is 5.91 Å². The molecule has 1 amide bonds. The van der Waals surface area contributed by atoms with Crippen LogP contribution < -0.4 is 5.32 Å². The van der Waals surface area contributed by atoms with E-state index in [9.17, 15) is 18.0 Å². The molecule has 3 nitrogen and oxygen atoms in total. The summed E-state index contributed by atoms with van der Waals surface area (Å²) in [4.78, 5) is 13.3. The van der Waals surface area contributed by atoms with E-state index >= 15 is 0 Å². The Kier molecular flexibility index (Phi) is 5.79. The van der Waals surface area contributed by atoms with Gasteiger partial charge in [0.1, 0.15) is 0 Å². The average Bonchev–Trinajstić information content (AvgIpc) is 2.45. The molecule has 0 radical (unpaired) electrons. The number of halogens is 3. The van der Waals surface area contributed by atoms with Gasteiger partial charge in [-0.15, -0.1) is 6.42 Å². The maximum Gasteiger partial charge on any atom is 0.416 e. The second-order valence-corrected chi connectivity index (χ2v) is 4.61. The van der Waals surface area contributed by atoms with Gasteiger partial charge >= 0.3 is 6.18 Å². The summed E-state index contributed by atoms with van der Waals surface area (Å²) in [5.74, 6) is 2.10. The maximum atomic E-state index is 12.7. The number of rotatable bonds is 5. The van der Waals surface area contributed by atoms with Crippen LogP contribution in [-0.2, 0) is 11.0 Å². The Morgan fingerprint density at radius 1 is 1.48 bits per heavy atom. The Hall–Kier alpha value is -2.00. The van der Waals surface area contributed by atoms with Gasteiger partial charge in [0.05, 0.1) is 24.7 Å². The molecule has 0 heterocycles. The standard InChI is InChI=1S/C15H17F3N2O/c1-4-8-19-10-14(21)20(3)11(2)12-6-5-7-13(9-12)15(16,17)18/h1,5-7,9,11,19H,8,10H2,2-3H3. The second kappa shape index (κ2) is 7.14. The van der Waals surface area contributed by atoms with Crippen molar-refractivity contribution in [3.63, 3.8) is 0 Å². The van der Waals surface area contributed by atoms with Crippen LogP contribution in [0.15, 0.2) is 24.3 Å². The fraction of sp³-hybridized carbons (Fsp3) is 0.400. The number of alkyl halides is 3. The van der Waals surface area contributed by atoms with E-state index in [4.69, 9.17) is 6.42 Å². The zero-order valence-corrected chi connectivity index (χ0v) is 11.9. The third kappa shape index (κ3) is 4.80. The number of carbonyl (C=O) groups is 1. The van der Waals surface area contributed by atoms with Gasteiger partial charge in [0.15, 0.2) is 0 Å². The molecule has 0 fully saturated rings. The van der Waals surface area contributed by atoms with Crippen LogP contribution in [0, 0.1) is 12.3 Å². The lowest BCUT2D eigenvalue weighted by Gasteiger charge is -2.26. The molecule has 1 aromatic rings. The van der Waals surface area contributed by atoms with E-state index < -0.39 is 17.8 Å². The molecule has 21 heavy (non-hydrogen) atoms. The van der Waals surface area contributed by atoms with Crippen LogP contribution in [0.5, 0.6) is 0 Å². The molecule has 0 aromatic heterocycles. The lowest BCUT2D eigenvalue weighted by molar-refractivity contribution is -0.137. The fourth-order valence-electron chi connectivity index (χ4n) is 1.78. The Morgan fingerprint density at radius 2 is 2.14 bits per heavy atom. The van der Waals surface area contributed by atoms with Gasteiger partial charge in [-0.05, 0) is 24.6 Å². The van der Waals surface area contributed by atoms with Crippen LogP contribution in [-0.4, -0.2) is 30.9 Å². The summed E-state index contributed by atoms with van der Waals surface area (Å²) in [6, 6.07) is 4.50. The monoisotopic (exact) mass is 298 g/mol. The minimum Gasteiger partial charge on any atom is -0.338 e. The highest BCUT2D eigenvalue weighted by Gasteiger charge is 2.31. The number of nitrogens with zero attached hydrogens (tertiary/aromatic N) is 1. The van der Waals surface area contributed by atoms with E-state index in [0.29, 0.717) is 5.56 Å². The number of benzene rings is 1. The molecule has 114 valence electrons. The van der Waals surface area contributed by atoms with Crippen molar-refractivity contribution in [2.75, 3.05) is 20.1 Å². The highest BCUT2D eigenvalue weighted by Crippen LogP contribution is 2.31. The average molecular weight is 298 g/mol. The van der Waals surface area contributed by atoms with E-state index in [0.717, 1.165) is 12.1 Å². The third-order valence-electron chi connectivity index (χ3n) is 3.17. The minimum absolute atomic E-state index is 0.0456. The normalized spacial score (nSPS) is 12.6. The van der Waals surface area contributed by atoms with E-state index in [1.54, 1.807) is 20.0 Å². The van der Waals surface area contributed by atoms with Crippen LogP contribution >= 0.6 is 0 Å². The van der Waals surface area contributed by atoms with Crippen LogP contribution in [0.25, 0.3) is 0 Å². The van der Waals surface area contributed by atoms with Crippen molar-refractivity contribution in [1.82, 2.24) is 10.2 Å². The molecule has 1 unspecified atom stereocenters. The molecular formula is C15H17F3N2O. The van der Waals surface area contributed by atoms with Crippen LogP contribution in [0.3, 0.4) is 0 Å². The number of hydrogen-bond donors (Lipinski definition) is 1.